The number of hydrogen-bond acceptors (Lipinski definition) is 3. The summed E-state index contributed by atoms with van der Waals surface area (Å²) in [5, 5.41) is 2.72. The fraction of sp³-hybridized carbons (Fsp3) is 0.100. The Morgan fingerprint density at radius 2 is 1.76 bits per heavy atom. The monoisotopic (exact) mass is 335 g/mol. The van der Waals surface area contributed by atoms with Crippen molar-refractivity contribution >= 4 is 17.3 Å². The molecule has 0 aliphatic carbocycles. The van der Waals surface area contributed by atoms with Gasteiger partial charge < -0.3 is 10.2 Å². The summed E-state index contributed by atoms with van der Waals surface area (Å²) < 4.78 is 13.6. The van der Waals surface area contributed by atoms with E-state index in [4.69, 9.17) is 0 Å². The largest absolute Gasteiger partial charge is 0.348 e. The predicted octanol–water partition coefficient (Wildman–Crippen LogP) is 3.92. The number of anilines is 2. The molecule has 25 heavy (non-hydrogen) atoms. The lowest BCUT2D eigenvalue weighted by Crippen LogP contribution is -2.24. The summed E-state index contributed by atoms with van der Waals surface area (Å²) in [6.07, 6.45) is 3.19. The maximum absolute atomic E-state index is 13.6. The second kappa shape index (κ2) is 7.57. The first-order valence-corrected chi connectivity index (χ1v) is 7.90. The molecule has 126 valence electrons. The van der Waals surface area contributed by atoms with Gasteiger partial charge in [0.25, 0.3) is 5.91 Å². The van der Waals surface area contributed by atoms with Gasteiger partial charge in [0.2, 0.25) is 0 Å². The molecule has 1 N–H and O–H groups in total. The maximum Gasteiger partial charge on any atom is 0.253 e. The number of amides is 1. The number of aromatic nitrogens is 1. The molecule has 5 heteroatoms. The quantitative estimate of drug-likeness (QED) is 0.769. The van der Waals surface area contributed by atoms with E-state index in [0.29, 0.717) is 11.1 Å². The molecule has 0 aliphatic heterocycles. The van der Waals surface area contributed by atoms with Crippen molar-refractivity contribution in [1.82, 2.24) is 10.3 Å². The average Bonchev–Trinajstić information content (AvgIpc) is 2.67. The first kappa shape index (κ1) is 16.6. The molecule has 1 heterocycles. The number of rotatable bonds is 5. The Labute approximate surface area is 145 Å². The van der Waals surface area contributed by atoms with Gasteiger partial charge in [-0.15, -0.1) is 0 Å². The van der Waals surface area contributed by atoms with E-state index in [9.17, 15) is 9.18 Å². The van der Waals surface area contributed by atoms with E-state index in [-0.39, 0.29) is 18.3 Å². The number of halogens is 1. The second-order valence-electron chi connectivity index (χ2n) is 5.60. The van der Waals surface area contributed by atoms with Gasteiger partial charge in [-0.1, -0.05) is 36.4 Å². The average molecular weight is 335 g/mol. The Morgan fingerprint density at radius 3 is 2.52 bits per heavy atom. The van der Waals surface area contributed by atoms with Crippen molar-refractivity contribution in [1.29, 1.82) is 0 Å². The minimum atomic E-state index is -0.335. The molecular formula is C20H18FN3O. The highest BCUT2D eigenvalue weighted by molar-refractivity contribution is 5.94. The number of hydrogen-bond donors (Lipinski definition) is 1. The molecule has 0 saturated heterocycles. The molecule has 0 saturated carbocycles. The zero-order valence-electron chi connectivity index (χ0n) is 13.8. The number of nitrogens with zero attached hydrogens (tertiary/aromatic N) is 2. The lowest BCUT2D eigenvalue weighted by Gasteiger charge is -2.19. The first-order chi connectivity index (χ1) is 12.1. The van der Waals surface area contributed by atoms with Gasteiger partial charge in [0.05, 0.1) is 17.4 Å². The Kier molecular flexibility index (Phi) is 5.04. The summed E-state index contributed by atoms with van der Waals surface area (Å²) >= 11 is 0. The normalized spacial score (nSPS) is 10.3. The minimum Gasteiger partial charge on any atom is -0.348 e. The van der Waals surface area contributed by atoms with E-state index >= 15 is 0 Å². The minimum absolute atomic E-state index is 0.129. The summed E-state index contributed by atoms with van der Waals surface area (Å²) in [5.74, 6) is -0.627. The van der Waals surface area contributed by atoms with Crippen molar-refractivity contribution in [3.05, 3.63) is 90.0 Å². The number of pyridine rings is 1. The number of nitrogens with one attached hydrogen (secondary N) is 1. The van der Waals surface area contributed by atoms with Gasteiger partial charge in [-0.25, -0.2) is 4.39 Å². The van der Waals surface area contributed by atoms with Crippen molar-refractivity contribution in [2.75, 3.05) is 11.9 Å². The van der Waals surface area contributed by atoms with Crippen LogP contribution < -0.4 is 10.2 Å². The van der Waals surface area contributed by atoms with Crippen LogP contribution in [0, 0.1) is 5.82 Å². The molecule has 4 nitrogen and oxygen atoms in total. The molecular weight excluding hydrogens is 317 g/mol. The van der Waals surface area contributed by atoms with Gasteiger partial charge in [0.1, 0.15) is 5.82 Å². The molecule has 0 atom stereocenters. The standard InChI is InChI=1S/C20H18FN3O/c1-24(17-8-3-2-4-9-17)18-11-16(12-22-14-18)20(25)23-13-15-7-5-6-10-19(15)21/h2-12,14H,13H2,1H3,(H,23,25). The van der Waals surface area contributed by atoms with E-state index < -0.39 is 0 Å². The smallest absolute Gasteiger partial charge is 0.253 e. The van der Waals surface area contributed by atoms with Crippen molar-refractivity contribution in [3.8, 4) is 0 Å². The first-order valence-electron chi connectivity index (χ1n) is 7.90. The summed E-state index contributed by atoms with van der Waals surface area (Å²) in [6.45, 7) is 0.129. The Balaban J connectivity index is 1.72. The van der Waals surface area contributed by atoms with Crippen LogP contribution in [0.3, 0.4) is 0 Å². The van der Waals surface area contributed by atoms with E-state index in [1.54, 1.807) is 30.5 Å². The van der Waals surface area contributed by atoms with Crippen molar-refractivity contribution in [2.45, 2.75) is 6.54 Å². The molecule has 1 aromatic heterocycles. The van der Waals surface area contributed by atoms with Crippen LogP contribution in [0.5, 0.6) is 0 Å². The third kappa shape index (κ3) is 4.01. The SMILES string of the molecule is CN(c1ccccc1)c1cncc(C(=O)NCc2ccccc2F)c1. The van der Waals surface area contributed by atoms with Crippen LogP contribution in [-0.2, 0) is 6.54 Å². The molecule has 3 rings (SSSR count). The van der Waals surface area contributed by atoms with E-state index in [2.05, 4.69) is 10.3 Å². The molecule has 2 aromatic carbocycles. The Morgan fingerprint density at radius 1 is 1.04 bits per heavy atom. The third-order valence-electron chi connectivity index (χ3n) is 3.91. The highest BCUT2D eigenvalue weighted by atomic mass is 19.1. The van der Waals surface area contributed by atoms with Gasteiger partial charge in [0, 0.05) is 31.0 Å². The molecule has 0 bridgehead atoms. The summed E-state index contributed by atoms with van der Waals surface area (Å²) in [6, 6.07) is 17.9. The highest BCUT2D eigenvalue weighted by Crippen LogP contribution is 2.23. The fourth-order valence-electron chi connectivity index (χ4n) is 2.46. The zero-order valence-corrected chi connectivity index (χ0v) is 13.8. The molecule has 0 fully saturated rings. The van der Waals surface area contributed by atoms with Crippen molar-refractivity contribution < 1.29 is 9.18 Å². The van der Waals surface area contributed by atoms with Crippen LogP contribution in [0.25, 0.3) is 0 Å². The van der Waals surface area contributed by atoms with Crippen molar-refractivity contribution in [3.63, 3.8) is 0 Å². The molecule has 0 aliphatic rings. The lowest BCUT2D eigenvalue weighted by atomic mass is 10.2. The van der Waals surface area contributed by atoms with Crippen LogP contribution in [0.15, 0.2) is 73.1 Å². The molecule has 0 radical (unpaired) electrons. The molecule has 1 amide bonds. The van der Waals surface area contributed by atoms with Crippen LogP contribution in [-0.4, -0.2) is 17.9 Å². The number of para-hydroxylation sites is 1. The van der Waals surface area contributed by atoms with Crippen LogP contribution in [0.2, 0.25) is 0 Å². The zero-order chi connectivity index (χ0) is 17.6. The summed E-state index contributed by atoms with van der Waals surface area (Å²) in [5.41, 5.74) is 2.66. The molecule has 3 aromatic rings. The van der Waals surface area contributed by atoms with Gasteiger partial charge in [-0.3, -0.25) is 9.78 Å². The van der Waals surface area contributed by atoms with Gasteiger partial charge in [-0.05, 0) is 24.3 Å². The second-order valence-corrected chi connectivity index (χ2v) is 5.60. The number of carbonyl (C=O) groups excluding carboxylic acids is 1. The van der Waals surface area contributed by atoms with E-state index in [1.165, 1.54) is 12.3 Å². The highest BCUT2D eigenvalue weighted by Gasteiger charge is 2.11. The predicted molar refractivity (Wildman–Crippen MR) is 96.3 cm³/mol. The summed E-state index contributed by atoms with van der Waals surface area (Å²) in [4.78, 5) is 18.4. The van der Waals surface area contributed by atoms with E-state index in [0.717, 1.165) is 11.4 Å². The van der Waals surface area contributed by atoms with Gasteiger partial charge in [0.15, 0.2) is 0 Å². The maximum atomic E-state index is 13.6. The fourth-order valence-corrected chi connectivity index (χ4v) is 2.46. The van der Waals surface area contributed by atoms with Crippen LogP contribution in [0.4, 0.5) is 15.8 Å². The van der Waals surface area contributed by atoms with Crippen molar-refractivity contribution in [2.24, 2.45) is 0 Å². The summed E-state index contributed by atoms with van der Waals surface area (Å²) in [7, 11) is 1.91. The Bertz CT molecular complexity index is 868. The number of carbonyl (C=O) groups is 1. The van der Waals surface area contributed by atoms with Crippen LogP contribution in [0.1, 0.15) is 15.9 Å². The Hall–Kier alpha value is -3.21. The van der Waals surface area contributed by atoms with Crippen LogP contribution >= 0.6 is 0 Å². The third-order valence-corrected chi connectivity index (χ3v) is 3.91. The topological polar surface area (TPSA) is 45.2 Å². The van der Waals surface area contributed by atoms with E-state index in [1.807, 2.05) is 42.3 Å². The molecule has 0 unspecified atom stereocenters. The van der Waals surface area contributed by atoms with Gasteiger partial charge >= 0.3 is 0 Å². The van der Waals surface area contributed by atoms with Gasteiger partial charge in [-0.2, -0.15) is 0 Å². The number of benzene rings is 2. The lowest BCUT2D eigenvalue weighted by molar-refractivity contribution is 0.0950. The molecule has 0 spiro atoms.